The van der Waals surface area contributed by atoms with Gasteiger partial charge in [-0.25, -0.2) is 0 Å². The van der Waals surface area contributed by atoms with Gasteiger partial charge in [-0.15, -0.1) is 21.5 Å². The Morgan fingerprint density at radius 3 is 3.00 bits per heavy atom. The van der Waals surface area contributed by atoms with Crippen LogP contribution in [-0.4, -0.2) is 22.1 Å². The first-order chi connectivity index (χ1) is 11.7. The number of carbonyl (C=O) groups is 1. The lowest BCUT2D eigenvalue weighted by Crippen LogP contribution is -2.35. The number of hydrogen-bond acceptors (Lipinski definition) is 5. The van der Waals surface area contributed by atoms with Crippen LogP contribution in [0.5, 0.6) is 0 Å². The predicted molar refractivity (Wildman–Crippen MR) is 93.0 cm³/mol. The van der Waals surface area contributed by atoms with Crippen molar-refractivity contribution in [2.45, 2.75) is 32.2 Å². The van der Waals surface area contributed by atoms with Crippen molar-refractivity contribution in [2.24, 2.45) is 0 Å². The van der Waals surface area contributed by atoms with Gasteiger partial charge in [-0.1, -0.05) is 24.3 Å². The number of benzene rings is 1. The molecule has 1 aliphatic heterocycles. The minimum absolute atomic E-state index is 0.100. The average molecular weight is 339 g/mol. The Bertz CT molecular complexity index is 857. The van der Waals surface area contributed by atoms with Crippen LogP contribution < -0.4 is 4.90 Å². The van der Waals surface area contributed by atoms with Crippen molar-refractivity contribution < 1.29 is 9.21 Å². The second kappa shape index (κ2) is 6.20. The number of aryl methyl sites for hydroxylation is 1. The Hall–Kier alpha value is -2.47. The Labute approximate surface area is 143 Å². The number of hydrogen-bond donors (Lipinski definition) is 0. The van der Waals surface area contributed by atoms with E-state index in [-0.39, 0.29) is 11.9 Å². The highest BCUT2D eigenvalue weighted by molar-refractivity contribution is 7.13. The molecule has 0 spiro atoms. The van der Waals surface area contributed by atoms with E-state index in [0.29, 0.717) is 24.6 Å². The maximum Gasteiger partial charge on any atom is 0.257 e. The number of nitrogens with zero attached hydrogens (tertiary/aromatic N) is 3. The monoisotopic (exact) mass is 339 g/mol. The smallest absolute Gasteiger partial charge is 0.257 e. The summed E-state index contributed by atoms with van der Waals surface area (Å²) >= 11 is 1.56. The highest BCUT2D eigenvalue weighted by atomic mass is 32.1. The Kier molecular flexibility index (Phi) is 3.90. The molecule has 3 aromatic rings. The molecule has 4 rings (SSSR count). The number of thiophene rings is 1. The molecule has 3 heterocycles. The van der Waals surface area contributed by atoms with Gasteiger partial charge in [0, 0.05) is 24.6 Å². The Balaban J connectivity index is 1.44. The summed E-state index contributed by atoms with van der Waals surface area (Å²) < 4.78 is 5.65. The summed E-state index contributed by atoms with van der Waals surface area (Å²) in [4.78, 5) is 15.5. The van der Waals surface area contributed by atoms with Gasteiger partial charge in [-0.2, -0.15) is 0 Å². The van der Waals surface area contributed by atoms with Crippen LogP contribution in [0.3, 0.4) is 0 Å². The number of para-hydroxylation sites is 1. The van der Waals surface area contributed by atoms with Gasteiger partial charge < -0.3 is 9.32 Å². The molecule has 5 nitrogen and oxygen atoms in total. The van der Waals surface area contributed by atoms with Crippen LogP contribution in [0, 0.1) is 0 Å². The summed E-state index contributed by atoms with van der Waals surface area (Å²) in [6, 6.07) is 12.2. The largest absolute Gasteiger partial charge is 0.420 e. The zero-order valence-electron chi connectivity index (χ0n) is 13.3. The molecule has 1 aromatic carbocycles. The molecule has 24 heavy (non-hydrogen) atoms. The molecular weight excluding hydrogens is 322 g/mol. The second-order valence-electron chi connectivity index (χ2n) is 5.92. The molecule has 0 saturated heterocycles. The zero-order valence-corrected chi connectivity index (χ0v) is 14.1. The number of anilines is 1. The van der Waals surface area contributed by atoms with E-state index in [9.17, 15) is 4.79 Å². The van der Waals surface area contributed by atoms with Gasteiger partial charge >= 0.3 is 0 Å². The Morgan fingerprint density at radius 2 is 2.17 bits per heavy atom. The van der Waals surface area contributed by atoms with Gasteiger partial charge in [0.25, 0.3) is 5.89 Å². The molecule has 1 unspecified atom stereocenters. The summed E-state index contributed by atoms with van der Waals surface area (Å²) in [5.74, 6) is 1.13. The molecule has 0 N–H and O–H groups in total. The van der Waals surface area contributed by atoms with Crippen molar-refractivity contribution >= 4 is 22.9 Å². The van der Waals surface area contributed by atoms with E-state index in [1.54, 1.807) is 11.3 Å². The quantitative estimate of drug-likeness (QED) is 0.727. The number of fused-ring (bicyclic) bond motifs is 1. The normalized spacial score (nSPS) is 16.4. The third-order valence-corrected chi connectivity index (χ3v) is 5.09. The average Bonchev–Trinajstić information content (AvgIpc) is 3.31. The van der Waals surface area contributed by atoms with E-state index in [4.69, 9.17) is 4.42 Å². The molecule has 0 aliphatic carbocycles. The maximum absolute atomic E-state index is 12.7. The van der Waals surface area contributed by atoms with Crippen molar-refractivity contribution in [3.05, 3.63) is 53.2 Å². The van der Waals surface area contributed by atoms with E-state index in [2.05, 4.69) is 23.2 Å². The van der Waals surface area contributed by atoms with Crippen LogP contribution in [0.2, 0.25) is 0 Å². The summed E-state index contributed by atoms with van der Waals surface area (Å²) in [7, 11) is 0. The van der Waals surface area contributed by atoms with E-state index >= 15 is 0 Å². The highest BCUT2D eigenvalue weighted by Gasteiger charge is 2.30. The molecule has 2 aromatic heterocycles. The maximum atomic E-state index is 12.7. The van der Waals surface area contributed by atoms with Crippen LogP contribution in [0.1, 0.15) is 24.8 Å². The van der Waals surface area contributed by atoms with Gasteiger partial charge in [0.1, 0.15) is 0 Å². The lowest BCUT2D eigenvalue weighted by molar-refractivity contribution is -0.118. The fourth-order valence-electron chi connectivity index (χ4n) is 3.13. The topological polar surface area (TPSA) is 59.2 Å². The fraction of sp³-hybridized carbons (Fsp3) is 0.278. The van der Waals surface area contributed by atoms with Crippen molar-refractivity contribution in [1.29, 1.82) is 0 Å². The van der Waals surface area contributed by atoms with Crippen molar-refractivity contribution in [1.82, 2.24) is 10.2 Å². The molecule has 6 heteroatoms. The van der Waals surface area contributed by atoms with Gasteiger partial charge in [0.2, 0.25) is 11.8 Å². The number of rotatable bonds is 4. The van der Waals surface area contributed by atoms with Crippen molar-refractivity contribution in [3.63, 3.8) is 0 Å². The predicted octanol–water partition coefficient (Wildman–Crippen LogP) is 3.71. The molecule has 0 bridgehead atoms. The number of carbonyl (C=O) groups excluding carboxylic acids is 1. The molecule has 1 atom stereocenters. The molecule has 0 radical (unpaired) electrons. The molecule has 0 fully saturated rings. The summed E-state index contributed by atoms with van der Waals surface area (Å²) in [6.07, 6.45) is 1.73. The standard InChI is InChI=1S/C18H17N3O2S/c1-12-11-13-5-2-3-6-14(13)21(12)17(22)9-8-16-19-20-18(23-16)15-7-4-10-24-15/h2-7,10,12H,8-9,11H2,1H3. The van der Waals surface area contributed by atoms with Crippen molar-refractivity contribution in [3.8, 4) is 10.8 Å². The first-order valence-electron chi connectivity index (χ1n) is 7.98. The van der Waals surface area contributed by atoms with Gasteiger partial charge in [0.05, 0.1) is 4.88 Å². The Morgan fingerprint density at radius 1 is 1.29 bits per heavy atom. The SMILES string of the molecule is CC1Cc2ccccc2N1C(=O)CCc1nnc(-c2cccs2)o1. The minimum Gasteiger partial charge on any atom is -0.420 e. The molecule has 1 aliphatic rings. The number of aromatic nitrogens is 2. The third-order valence-electron chi connectivity index (χ3n) is 4.23. The van der Waals surface area contributed by atoms with E-state index < -0.39 is 0 Å². The van der Waals surface area contributed by atoms with Crippen LogP contribution in [0.4, 0.5) is 5.69 Å². The van der Waals surface area contributed by atoms with Gasteiger partial charge in [-0.05, 0) is 36.4 Å². The van der Waals surface area contributed by atoms with Crippen LogP contribution in [-0.2, 0) is 17.6 Å². The van der Waals surface area contributed by atoms with Gasteiger partial charge in [-0.3, -0.25) is 4.79 Å². The summed E-state index contributed by atoms with van der Waals surface area (Å²) in [5, 5.41) is 10.1. The molecule has 122 valence electrons. The van der Waals surface area contributed by atoms with E-state index in [0.717, 1.165) is 17.0 Å². The van der Waals surface area contributed by atoms with Crippen LogP contribution in [0.25, 0.3) is 10.8 Å². The lowest BCUT2D eigenvalue weighted by Gasteiger charge is -2.22. The first-order valence-corrected chi connectivity index (χ1v) is 8.86. The van der Waals surface area contributed by atoms with Crippen molar-refractivity contribution in [2.75, 3.05) is 4.90 Å². The van der Waals surface area contributed by atoms with Crippen LogP contribution >= 0.6 is 11.3 Å². The summed E-state index contributed by atoms with van der Waals surface area (Å²) in [5.41, 5.74) is 2.26. The molecule has 1 amide bonds. The van der Waals surface area contributed by atoms with Gasteiger partial charge in [0.15, 0.2) is 0 Å². The second-order valence-corrected chi connectivity index (χ2v) is 6.87. The number of amides is 1. The first kappa shape index (κ1) is 15.1. The lowest BCUT2D eigenvalue weighted by atomic mass is 10.1. The zero-order chi connectivity index (χ0) is 16.5. The fourth-order valence-corrected chi connectivity index (χ4v) is 3.78. The van der Waals surface area contributed by atoms with Crippen LogP contribution in [0.15, 0.2) is 46.2 Å². The van der Waals surface area contributed by atoms with E-state index in [1.807, 2.05) is 40.6 Å². The summed E-state index contributed by atoms with van der Waals surface area (Å²) in [6.45, 7) is 2.08. The highest BCUT2D eigenvalue weighted by Crippen LogP contribution is 2.32. The van der Waals surface area contributed by atoms with E-state index in [1.165, 1.54) is 5.56 Å². The third kappa shape index (κ3) is 2.73. The minimum atomic E-state index is 0.100. The molecule has 0 saturated carbocycles. The molecular formula is C18H17N3O2S.